The first kappa shape index (κ1) is 15.9. The minimum Gasteiger partial charge on any atom is -0.391 e. The molecule has 100 valence electrons. The molecule has 2 unspecified atom stereocenters. The molecule has 0 aromatic carbocycles. The highest BCUT2D eigenvalue weighted by atomic mass is 16.3. The Kier molecular flexibility index (Phi) is 7.49. The summed E-state index contributed by atoms with van der Waals surface area (Å²) in [6.07, 6.45) is 0.920. The Morgan fingerprint density at radius 1 is 1.29 bits per heavy atom. The predicted octanol–water partition coefficient (Wildman–Crippen LogP) is -0.898. The molecule has 0 spiro atoms. The van der Waals surface area contributed by atoms with Crippen molar-refractivity contribution in [2.45, 2.75) is 45.3 Å². The van der Waals surface area contributed by atoms with E-state index in [1.165, 1.54) is 0 Å². The average molecular weight is 245 g/mol. The van der Waals surface area contributed by atoms with Crippen LogP contribution >= 0.6 is 0 Å². The van der Waals surface area contributed by atoms with Gasteiger partial charge in [-0.15, -0.1) is 0 Å². The van der Waals surface area contributed by atoms with Crippen molar-refractivity contribution in [1.82, 2.24) is 5.32 Å². The van der Waals surface area contributed by atoms with Crippen LogP contribution in [-0.2, 0) is 9.59 Å². The number of aliphatic hydroxyl groups excluding tert-OH is 1. The maximum absolute atomic E-state index is 11.4. The molecule has 0 saturated carbocycles. The van der Waals surface area contributed by atoms with E-state index in [9.17, 15) is 14.7 Å². The van der Waals surface area contributed by atoms with Crippen molar-refractivity contribution >= 4 is 11.8 Å². The molecule has 6 heteroatoms. The van der Waals surface area contributed by atoms with Crippen LogP contribution in [0.25, 0.3) is 0 Å². The van der Waals surface area contributed by atoms with Crippen molar-refractivity contribution in [1.29, 1.82) is 0 Å². The van der Waals surface area contributed by atoms with Gasteiger partial charge in [-0.05, 0) is 5.92 Å². The van der Waals surface area contributed by atoms with E-state index in [-0.39, 0.29) is 18.9 Å². The molecule has 0 aliphatic heterocycles. The zero-order valence-electron chi connectivity index (χ0n) is 10.5. The molecule has 17 heavy (non-hydrogen) atoms. The quantitative estimate of drug-likeness (QED) is 0.443. The average Bonchev–Trinajstić information content (AvgIpc) is 2.26. The molecule has 0 heterocycles. The van der Waals surface area contributed by atoms with Crippen molar-refractivity contribution in [3.63, 3.8) is 0 Å². The summed E-state index contributed by atoms with van der Waals surface area (Å²) in [4.78, 5) is 22.0. The van der Waals surface area contributed by atoms with E-state index in [2.05, 4.69) is 5.32 Å². The third kappa shape index (κ3) is 6.23. The predicted molar refractivity (Wildman–Crippen MR) is 64.9 cm³/mol. The number of nitrogens with two attached hydrogens (primary N) is 2. The van der Waals surface area contributed by atoms with Gasteiger partial charge in [0.1, 0.15) is 0 Å². The van der Waals surface area contributed by atoms with Gasteiger partial charge in [0.2, 0.25) is 11.8 Å². The molecule has 6 nitrogen and oxygen atoms in total. The first-order valence-corrected chi connectivity index (χ1v) is 5.91. The van der Waals surface area contributed by atoms with E-state index in [1.807, 2.05) is 13.8 Å². The van der Waals surface area contributed by atoms with Gasteiger partial charge in [-0.25, -0.2) is 0 Å². The smallest absolute Gasteiger partial charge is 0.237 e. The molecule has 0 radical (unpaired) electrons. The first-order valence-electron chi connectivity index (χ1n) is 5.91. The minimum absolute atomic E-state index is 0.150. The highest BCUT2D eigenvalue weighted by Crippen LogP contribution is 2.12. The zero-order valence-corrected chi connectivity index (χ0v) is 10.5. The number of rotatable bonds is 8. The fourth-order valence-corrected chi connectivity index (χ4v) is 1.65. The standard InChI is InChI=1S/C11H23N3O3/c1-3-7(4-2)9(15)6-14-11(17)8(12)5-10(13)16/h7-9,15H,3-6,12H2,1-2H3,(H2,13,16)(H,14,17). The maximum atomic E-state index is 11.4. The van der Waals surface area contributed by atoms with Crippen molar-refractivity contribution in [2.75, 3.05) is 6.54 Å². The number of primary amides is 1. The fourth-order valence-electron chi connectivity index (χ4n) is 1.65. The molecule has 0 saturated heterocycles. The molecule has 0 fully saturated rings. The van der Waals surface area contributed by atoms with Crippen molar-refractivity contribution < 1.29 is 14.7 Å². The van der Waals surface area contributed by atoms with Gasteiger partial charge in [-0.1, -0.05) is 26.7 Å². The van der Waals surface area contributed by atoms with Gasteiger partial charge < -0.3 is 21.9 Å². The van der Waals surface area contributed by atoms with E-state index in [0.717, 1.165) is 12.8 Å². The monoisotopic (exact) mass is 245 g/mol. The highest BCUT2D eigenvalue weighted by Gasteiger charge is 2.19. The van der Waals surface area contributed by atoms with Gasteiger partial charge in [0.15, 0.2) is 0 Å². The molecule has 0 aliphatic rings. The normalized spacial score (nSPS) is 14.4. The number of carbonyl (C=O) groups excluding carboxylic acids is 2. The molecule has 0 aliphatic carbocycles. The molecule has 0 aromatic rings. The fraction of sp³-hybridized carbons (Fsp3) is 0.818. The third-order valence-corrected chi connectivity index (χ3v) is 2.84. The van der Waals surface area contributed by atoms with Gasteiger partial charge >= 0.3 is 0 Å². The Balaban J connectivity index is 4.02. The molecular weight excluding hydrogens is 222 g/mol. The van der Waals surface area contributed by atoms with E-state index in [4.69, 9.17) is 11.5 Å². The van der Waals surface area contributed by atoms with E-state index < -0.39 is 24.0 Å². The summed E-state index contributed by atoms with van der Waals surface area (Å²) >= 11 is 0. The molecule has 0 bridgehead atoms. The molecule has 0 aromatic heterocycles. The summed E-state index contributed by atoms with van der Waals surface area (Å²) in [6, 6.07) is -0.943. The Bertz CT molecular complexity index is 254. The van der Waals surface area contributed by atoms with Crippen molar-refractivity contribution in [2.24, 2.45) is 17.4 Å². The largest absolute Gasteiger partial charge is 0.391 e. The minimum atomic E-state index is -0.943. The highest BCUT2D eigenvalue weighted by molar-refractivity contribution is 5.87. The van der Waals surface area contributed by atoms with Crippen molar-refractivity contribution in [3.8, 4) is 0 Å². The van der Waals surface area contributed by atoms with E-state index in [0.29, 0.717) is 0 Å². The first-order chi connectivity index (χ1) is 7.92. The van der Waals surface area contributed by atoms with Gasteiger partial charge in [0, 0.05) is 6.54 Å². The number of nitrogens with one attached hydrogen (secondary N) is 1. The van der Waals surface area contributed by atoms with Crippen LogP contribution in [0.2, 0.25) is 0 Å². The van der Waals surface area contributed by atoms with Crippen LogP contribution in [0.1, 0.15) is 33.1 Å². The number of amides is 2. The molecular formula is C11H23N3O3. The summed E-state index contributed by atoms with van der Waals surface area (Å²) in [7, 11) is 0. The Labute approximate surface area is 102 Å². The van der Waals surface area contributed by atoms with E-state index >= 15 is 0 Å². The summed E-state index contributed by atoms with van der Waals surface area (Å²) in [6.45, 7) is 4.12. The van der Waals surface area contributed by atoms with Crippen LogP contribution in [0.3, 0.4) is 0 Å². The summed E-state index contributed by atoms with van der Waals surface area (Å²) < 4.78 is 0. The molecule has 0 rings (SSSR count). The van der Waals surface area contributed by atoms with Crippen LogP contribution in [0.15, 0.2) is 0 Å². The van der Waals surface area contributed by atoms with Crippen LogP contribution in [-0.4, -0.2) is 35.6 Å². The second-order valence-corrected chi connectivity index (χ2v) is 4.17. The van der Waals surface area contributed by atoms with Gasteiger partial charge in [0.25, 0.3) is 0 Å². The van der Waals surface area contributed by atoms with Crippen LogP contribution in [0.5, 0.6) is 0 Å². The summed E-state index contributed by atoms with van der Waals surface area (Å²) in [5, 5.41) is 12.3. The SMILES string of the molecule is CCC(CC)C(O)CNC(=O)C(N)CC(N)=O. The van der Waals surface area contributed by atoms with Crippen molar-refractivity contribution in [3.05, 3.63) is 0 Å². The number of aliphatic hydroxyl groups is 1. The van der Waals surface area contributed by atoms with Crippen LogP contribution in [0, 0.1) is 5.92 Å². The van der Waals surface area contributed by atoms with Gasteiger partial charge in [0.05, 0.1) is 18.6 Å². The molecule has 2 amide bonds. The zero-order chi connectivity index (χ0) is 13.4. The Morgan fingerprint density at radius 3 is 2.24 bits per heavy atom. The topological polar surface area (TPSA) is 118 Å². The number of hydrogen-bond acceptors (Lipinski definition) is 4. The lowest BCUT2D eigenvalue weighted by atomic mass is 9.96. The summed E-state index contributed by atoms with van der Waals surface area (Å²) in [5.74, 6) is -0.926. The number of hydrogen-bond donors (Lipinski definition) is 4. The van der Waals surface area contributed by atoms with Gasteiger partial charge in [-0.2, -0.15) is 0 Å². The molecule has 2 atom stereocenters. The van der Waals surface area contributed by atoms with Crippen LogP contribution in [0.4, 0.5) is 0 Å². The van der Waals surface area contributed by atoms with Gasteiger partial charge in [-0.3, -0.25) is 9.59 Å². The Hall–Kier alpha value is -1.14. The Morgan fingerprint density at radius 2 is 1.82 bits per heavy atom. The second-order valence-electron chi connectivity index (χ2n) is 4.17. The lowest BCUT2D eigenvalue weighted by Crippen LogP contribution is -2.46. The summed E-state index contributed by atoms with van der Waals surface area (Å²) in [5.41, 5.74) is 10.4. The second kappa shape index (κ2) is 8.03. The maximum Gasteiger partial charge on any atom is 0.237 e. The lowest BCUT2D eigenvalue weighted by molar-refractivity contribution is -0.126. The molecule has 6 N–H and O–H groups in total. The van der Waals surface area contributed by atoms with E-state index in [1.54, 1.807) is 0 Å². The lowest BCUT2D eigenvalue weighted by Gasteiger charge is -2.21. The number of carbonyl (C=O) groups is 2. The van der Waals surface area contributed by atoms with Crippen LogP contribution < -0.4 is 16.8 Å². The third-order valence-electron chi connectivity index (χ3n) is 2.84.